The number of halogens is 3. The lowest BCUT2D eigenvalue weighted by Gasteiger charge is -2.29. The highest BCUT2D eigenvalue weighted by molar-refractivity contribution is 14.0. The summed E-state index contributed by atoms with van der Waals surface area (Å²) in [6.45, 7) is 11.2. The molecule has 1 aromatic rings. The van der Waals surface area contributed by atoms with Gasteiger partial charge in [-0.2, -0.15) is 0 Å². The lowest BCUT2D eigenvalue weighted by molar-refractivity contribution is 0.198. The number of nitrogens with zero attached hydrogens (tertiary/aromatic N) is 3. The van der Waals surface area contributed by atoms with Crippen molar-refractivity contribution in [3.8, 4) is 0 Å². The van der Waals surface area contributed by atoms with E-state index in [0.29, 0.717) is 12.5 Å². The minimum atomic E-state index is -0.801. The molecule has 0 aliphatic carbocycles. The van der Waals surface area contributed by atoms with E-state index in [1.807, 2.05) is 6.92 Å². The van der Waals surface area contributed by atoms with E-state index >= 15 is 0 Å². The van der Waals surface area contributed by atoms with Gasteiger partial charge in [-0.1, -0.05) is 19.4 Å². The predicted octanol–water partition coefficient (Wildman–Crippen LogP) is 4.46. The zero-order valence-corrected chi connectivity index (χ0v) is 20.0. The first kappa shape index (κ1) is 24.3. The summed E-state index contributed by atoms with van der Waals surface area (Å²) in [6.07, 6.45) is 5.26. The number of guanidine groups is 1. The van der Waals surface area contributed by atoms with Crippen molar-refractivity contribution in [2.75, 3.05) is 45.8 Å². The van der Waals surface area contributed by atoms with E-state index in [1.54, 1.807) is 6.07 Å². The molecule has 7 heteroatoms. The van der Waals surface area contributed by atoms with Crippen LogP contribution in [-0.4, -0.2) is 61.6 Å². The van der Waals surface area contributed by atoms with Crippen molar-refractivity contribution in [1.29, 1.82) is 0 Å². The molecule has 2 saturated heterocycles. The molecule has 0 bridgehead atoms. The van der Waals surface area contributed by atoms with Gasteiger partial charge < -0.3 is 15.1 Å². The van der Waals surface area contributed by atoms with Gasteiger partial charge in [-0.25, -0.2) is 8.78 Å². The predicted molar refractivity (Wildman–Crippen MR) is 126 cm³/mol. The zero-order chi connectivity index (χ0) is 19.9. The molecular formula is C22H35F2IN4. The first-order chi connectivity index (χ1) is 13.6. The van der Waals surface area contributed by atoms with Gasteiger partial charge in [-0.3, -0.25) is 4.99 Å². The standard InChI is InChI=1S/C22H34F2N4.HI/c1-3-25-22(26-14-17(2)19-7-8-20(23)21(24)13-19)28-12-9-18(16-28)15-27-10-5-4-6-11-27;/h7-8,13,17-18H,3-6,9-12,14-16H2,1-2H3,(H,25,26);1H. The Hall–Kier alpha value is -0.960. The fraction of sp³-hybridized carbons (Fsp3) is 0.682. The third-order valence-corrected chi connectivity index (χ3v) is 5.91. The number of hydrogen-bond acceptors (Lipinski definition) is 2. The van der Waals surface area contributed by atoms with Gasteiger partial charge in [0, 0.05) is 38.6 Å². The average molecular weight is 520 g/mol. The average Bonchev–Trinajstić information content (AvgIpc) is 3.16. The van der Waals surface area contributed by atoms with Crippen LogP contribution in [0.3, 0.4) is 0 Å². The molecule has 0 radical (unpaired) electrons. The molecule has 2 aliphatic heterocycles. The highest BCUT2D eigenvalue weighted by Gasteiger charge is 2.27. The van der Waals surface area contributed by atoms with Crippen LogP contribution in [0.25, 0.3) is 0 Å². The molecule has 1 aromatic carbocycles. The lowest BCUT2D eigenvalue weighted by atomic mass is 10.0. The molecule has 29 heavy (non-hydrogen) atoms. The van der Waals surface area contributed by atoms with E-state index in [4.69, 9.17) is 4.99 Å². The summed E-state index contributed by atoms with van der Waals surface area (Å²) in [5.74, 6) is 0.0871. The monoisotopic (exact) mass is 520 g/mol. The fourth-order valence-electron chi connectivity index (χ4n) is 4.25. The summed E-state index contributed by atoms with van der Waals surface area (Å²) in [5, 5.41) is 3.40. The van der Waals surface area contributed by atoms with Crippen molar-refractivity contribution in [2.24, 2.45) is 10.9 Å². The third kappa shape index (κ3) is 7.05. The second kappa shape index (κ2) is 12.0. The number of piperidine rings is 1. The molecule has 0 amide bonds. The van der Waals surface area contributed by atoms with Gasteiger partial charge in [0.25, 0.3) is 0 Å². The van der Waals surface area contributed by atoms with E-state index in [1.165, 1.54) is 57.5 Å². The van der Waals surface area contributed by atoms with E-state index in [0.717, 1.165) is 31.2 Å². The Morgan fingerprint density at radius 3 is 2.62 bits per heavy atom. The van der Waals surface area contributed by atoms with Crippen LogP contribution in [0.4, 0.5) is 8.78 Å². The van der Waals surface area contributed by atoms with Crippen molar-refractivity contribution in [2.45, 2.75) is 45.4 Å². The van der Waals surface area contributed by atoms with E-state index in [9.17, 15) is 8.78 Å². The minimum Gasteiger partial charge on any atom is -0.357 e. The van der Waals surface area contributed by atoms with Crippen LogP contribution in [0, 0.1) is 17.6 Å². The fourth-order valence-corrected chi connectivity index (χ4v) is 4.25. The van der Waals surface area contributed by atoms with Crippen molar-refractivity contribution < 1.29 is 8.78 Å². The minimum absolute atomic E-state index is 0. The molecular weight excluding hydrogens is 485 g/mol. The van der Waals surface area contributed by atoms with Gasteiger partial charge in [-0.05, 0) is 62.9 Å². The summed E-state index contributed by atoms with van der Waals surface area (Å²) in [7, 11) is 0. The molecule has 1 N–H and O–H groups in total. The van der Waals surface area contributed by atoms with Gasteiger partial charge in [0.2, 0.25) is 0 Å². The van der Waals surface area contributed by atoms with E-state index in [2.05, 4.69) is 22.0 Å². The zero-order valence-electron chi connectivity index (χ0n) is 17.7. The first-order valence-corrected chi connectivity index (χ1v) is 10.8. The molecule has 0 spiro atoms. The van der Waals surface area contributed by atoms with Gasteiger partial charge in [0.15, 0.2) is 17.6 Å². The molecule has 0 saturated carbocycles. The number of rotatable bonds is 6. The second-order valence-electron chi connectivity index (χ2n) is 8.23. The normalized spacial score (nSPS) is 21.7. The highest BCUT2D eigenvalue weighted by Crippen LogP contribution is 2.21. The quantitative estimate of drug-likeness (QED) is 0.342. The molecule has 2 fully saturated rings. The lowest BCUT2D eigenvalue weighted by Crippen LogP contribution is -2.41. The summed E-state index contributed by atoms with van der Waals surface area (Å²) in [5.41, 5.74) is 0.780. The Bertz CT molecular complexity index is 664. The van der Waals surface area contributed by atoms with E-state index in [-0.39, 0.29) is 29.9 Å². The Balaban J connectivity index is 0.00000300. The Labute approximate surface area is 191 Å². The SMILES string of the molecule is CCNC(=NCC(C)c1ccc(F)c(F)c1)N1CCC(CN2CCCCC2)C1.I. The summed E-state index contributed by atoms with van der Waals surface area (Å²) < 4.78 is 26.7. The molecule has 2 heterocycles. The van der Waals surface area contributed by atoms with Crippen LogP contribution in [-0.2, 0) is 0 Å². The molecule has 0 aromatic heterocycles. The van der Waals surface area contributed by atoms with Gasteiger partial charge >= 0.3 is 0 Å². The molecule has 4 nitrogen and oxygen atoms in total. The van der Waals surface area contributed by atoms with Crippen LogP contribution < -0.4 is 5.32 Å². The van der Waals surface area contributed by atoms with Crippen LogP contribution in [0.15, 0.2) is 23.2 Å². The number of aliphatic imine (C=N–C) groups is 1. The maximum absolute atomic E-state index is 13.5. The van der Waals surface area contributed by atoms with E-state index < -0.39 is 11.6 Å². The molecule has 164 valence electrons. The highest BCUT2D eigenvalue weighted by atomic mass is 127. The topological polar surface area (TPSA) is 30.9 Å². The number of nitrogens with one attached hydrogen (secondary N) is 1. The summed E-state index contributed by atoms with van der Waals surface area (Å²) >= 11 is 0. The number of hydrogen-bond donors (Lipinski definition) is 1. The van der Waals surface area contributed by atoms with Gasteiger partial charge in [0.1, 0.15) is 0 Å². The van der Waals surface area contributed by atoms with Crippen LogP contribution >= 0.6 is 24.0 Å². The summed E-state index contributed by atoms with van der Waals surface area (Å²) in [6, 6.07) is 4.13. The number of likely N-dealkylation sites (tertiary alicyclic amines) is 2. The molecule has 2 atom stereocenters. The van der Waals surface area contributed by atoms with Crippen molar-refractivity contribution in [3.63, 3.8) is 0 Å². The molecule has 2 unspecified atom stereocenters. The Morgan fingerprint density at radius 2 is 1.93 bits per heavy atom. The van der Waals surface area contributed by atoms with Crippen molar-refractivity contribution >= 4 is 29.9 Å². The second-order valence-corrected chi connectivity index (χ2v) is 8.23. The third-order valence-electron chi connectivity index (χ3n) is 5.91. The first-order valence-electron chi connectivity index (χ1n) is 10.8. The van der Waals surface area contributed by atoms with Gasteiger partial charge in [0.05, 0.1) is 0 Å². The largest absolute Gasteiger partial charge is 0.357 e. The van der Waals surface area contributed by atoms with Crippen molar-refractivity contribution in [1.82, 2.24) is 15.1 Å². The molecule has 2 aliphatic rings. The van der Waals surface area contributed by atoms with Crippen LogP contribution in [0.5, 0.6) is 0 Å². The molecule has 3 rings (SSSR count). The maximum atomic E-state index is 13.5. The smallest absolute Gasteiger partial charge is 0.193 e. The van der Waals surface area contributed by atoms with Crippen molar-refractivity contribution in [3.05, 3.63) is 35.4 Å². The van der Waals surface area contributed by atoms with Crippen LogP contribution in [0.2, 0.25) is 0 Å². The maximum Gasteiger partial charge on any atom is 0.193 e. The van der Waals surface area contributed by atoms with Crippen LogP contribution in [0.1, 0.15) is 51.0 Å². The van der Waals surface area contributed by atoms with Gasteiger partial charge in [-0.15, -0.1) is 24.0 Å². The number of benzene rings is 1. The Kier molecular flexibility index (Phi) is 10.1. The Morgan fingerprint density at radius 1 is 1.17 bits per heavy atom. The summed E-state index contributed by atoms with van der Waals surface area (Å²) in [4.78, 5) is 9.78.